The number of ether oxygens (including phenoxy) is 1. The van der Waals surface area contributed by atoms with Crippen molar-refractivity contribution in [1.82, 2.24) is 15.5 Å². The van der Waals surface area contributed by atoms with Gasteiger partial charge in [0, 0.05) is 29.6 Å². The summed E-state index contributed by atoms with van der Waals surface area (Å²) in [4.78, 5) is 23.8. The third kappa shape index (κ3) is 5.44. The summed E-state index contributed by atoms with van der Waals surface area (Å²) in [5.74, 6) is 3.85. The first-order valence-electron chi connectivity index (χ1n) is 9.44. The lowest BCUT2D eigenvalue weighted by Gasteiger charge is -2.14. The molecule has 2 saturated carbocycles. The van der Waals surface area contributed by atoms with Gasteiger partial charge < -0.3 is 15.4 Å². The molecule has 2 aliphatic rings. The molecule has 2 aliphatic carbocycles. The normalized spacial score (nSPS) is 25.9. The number of rotatable bonds is 5. The minimum atomic E-state index is -2.67. The zero-order valence-corrected chi connectivity index (χ0v) is 15.8. The largest absolute Gasteiger partial charge is 0.446 e. The Labute approximate surface area is 162 Å². The van der Waals surface area contributed by atoms with Gasteiger partial charge in [-0.3, -0.25) is 9.89 Å². The molecule has 0 aliphatic heterocycles. The minimum absolute atomic E-state index is 0.0240. The number of aromatic nitrogens is 2. The van der Waals surface area contributed by atoms with Crippen molar-refractivity contribution in [2.24, 2.45) is 11.8 Å². The molecule has 3 rings (SSSR count). The Hall–Kier alpha value is -2.63. The van der Waals surface area contributed by atoms with Crippen molar-refractivity contribution in [2.75, 3.05) is 5.32 Å². The zero-order valence-electron chi connectivity index (χ0n) is 15.8. The van der Waals surface area contributed by atoms with Crippen LogP contribution in [0.15, 0.2) is 6.07 Å². The second-order valence-electron chi connectivity index (χ2n) is 7.57. The summed E-state index contributed by atoms with van der Waals surface area (Å²) in [7, 11) is 0. The molecule has 2 amide bonds. The Bertz CT molecular complexity index is 784. The molecule has 0 radical (unpaired) electrons. The summed E-state index contributed by atoms with van der Waals surface area (Å²) in [5.41, 5.74) is 0.871. The minimum Gasteiger partial charge on any atom is -0.446 e. The van der Waals surface area contributed by atoms with Gasteiger partial charge in [0.25, 0.3) is 6.43 Å². The van der Waals surface area contributed by atoms with Gasteiger partial charge in [-0.05, 0) is 45.5 Å². The van der Waals surface area contributed by atoms with E-state index in [1.54, 1.807) is 12.0 Å². The maximum Gasteiger partial charge on any atom is 0.407 e. The van der Waals surface area contributed by atoms with E-state index in [1.165, 1.54) is 0 Å². The van der Waals surface area contributed by atoms with Crippen molar-refractivity contribution < 1.29 is 23.1 Å². The number of nitrogens with zero attached hydrogens (tertiary/aromatic N) is 1. The summed E-state index contributed by atoms with van der Waals surface area (Å²) in [6.45, 7) is 3.74. The van der Waals surface area contributed by atoms with Crippen LogP contribution in [0.5, 0.6) is 0 Å². The molecule has 152 valence electrons. The summed E-state index contributed by atoms with van der Waals surface area (Å²) in [5, 5.41) is 12.4. The molecule has 1 aromatic rings. The summed E-state index contributed by atoms with van der Waals surface area (Å²) in [6, 6.07) is 1.79. The van der Waals surface area contributed by atoms with Crippen LogP contribution in [0.2, 0.25) is 0 Å². The molecule has 7 nitrogen and oxygen atoms in total. The van der Waals surface area contributed by atoms with Gasteiger partial charge in [-0.15, -0.1) is 0 Å². The molecule has 4 atom stereocenters. The number of carbonyl (C=O) groups is 2. The van der Waals surface area contributed by atoms with Crippen LogP contribution in [-0.4, -0.2) is 40.8 Å². The van der Waals surface area contributed by atoms with Crippen LogP contribution in [0.1, 0.15) is 51.1 Å². The Kier molecular flexibility index (Phi) is 6.17. The monoisotopic (exact) mass is 394 g/mol. The highest BCUT2D eigenvalue weighted by Gasteiger charge is 2.42. The van der Waals surface area contributed by atoms with Crippen LogP contribution >= 0.6 is 0 Å². The van der Waals surface area contributed by atoms with Crippen LogP contribution < -0.4 is 10.6 Å². The highest BCUT2D eigenvalue weighted by atomic mass is 19.3. The van der Waals surface area contributed by atoms with Gasteiger partial charge in [0.2, 0.25) is 5.91 Å². The van der Waals surface area contributed by atoms with E-state index in [0.717, 1.165) is 18.5 Å². The van der Waals surface area contributed by atoms with Crippen molar-refractivity contribution in [3.8, 4) is 11.8 Å². The lowest BCUT2D eigenvalue weighted by molar-refractivity contribution is -0.117. The number of halogens is 2. The maximum absolute atomic E-state index is 12.1. The van der Waals surface area contributed by atoms with Gasteiger partial charge >= 0.3 is 6.09 Å². The molecule has 0 aromatic carbocycles. The third-order valence-corrected chi connectivity index (χ3v) is 4.86. The summed E-state index contributed by atoms with van der Waals surface area (Å²) < 4.78 is 29.6. The predicted octanol–water partition coefficient (Wildman–Crippen LogP) is 3.02. The van der Waals surface area contributed by atoms with Gasteiger partial charge in [0.1, 0.15) is 6.10 Å². The second-order valence-corrected chi connectivity index (χ2v) is 7.57. The molecule has 1 heterocycles. The quantitative estimate of drug-likeness (QED) is 0.669. The Balaban J connectivity index is 1.47. The smallest absolute Gasteiger partial charge is 0.407 e. The van der Waals surface area contributed by atoms with E-state index in [-0.39, 0.29) is 35.8 Å². The fourth-order valence-electron chi connectivity index (χ4n) is 3.39. The van der Waals surface area contributed by atoms with Crippen LogP contribution in [0.4, 0.5) is 19.4 Å². The van der Waals surface area contributed by atoms with Crippen LogP contribution in [0, 0.1) is 23.7 Å². The van der Waals surface area contributed by atoms with E-state index in [2.05, 4.69) is 26.8 Å². The Morgan fingerprint density at radius 3 is 2.82 bits per heavy atom. The number of alkyl carbamates (subject to hydrolysis) is 1. The Morgan fingerprint density at radius 2 is 2.11 bits per heavy atom. The van der Waals surface area contributed by atoms with Crippen LogP contribution in [0.3, 0.4) is 0 Å². The van der Waals surface area contributed by atoms with Gasteiger partial charge in [0.15, 0.2) is 5.82 Å². The molecule has 0 bridgehead atoms. The van der Waals surface area contributed by atoms with E-state index in [9.17, 15) is 18.4 Å². The molecule has 3 N–H and O–H groups in total. The molecule has 9 heteroatoms. The number of carbonyl (C=O) groups excluding carboxylic acids is 2. The molecule has 2 fully saturated rings. The predicted molar refractivity (Wildman–Crippen MR) is 97.7 cm³/mol. The van der Waals surface area contributed by atoms with Crippen molar-refractivity contribution >= 4 is 17.8 Å². The van der Waals surface area contributed by atoms with Crippen molar-refractivity contribution in [3.63, 3.8) is 0 Å². The number of H-pyrrole nitrogens is 1. The molecule has 28 heavy (non-hydrogen) atoms. The topological polar surface area (TPSA) is 96.1 Å². The molecule has 0 unspecified atom stereocenters. The lowest BCUT2D eigenvalue weighted by Crippen LogP contribution is -2.33. The van der Waals surface area contributed by atoms with Gasteiger partial charge in [-0.1, -0.05) is 5.92 Å². The zero-order chi connectivity index (χ0) is 20.3. The number of hydrogen-bond acceptors (Lipinski definition) is 4. The number of hydrogen-bond donors (Lipinski definition) is 3. The Morgan fingerprint density at radius 1 is 1.32 bits per heavy atom. The van der Waals surface area contributed by atoms with Gasteiger partial charge in [0.05, 0.1) is 5.92 Å². The third-order valence-electron chi connectivity index (χ3n) is 4.86. The van der Waals surface area contributed by atoms with Crippen LogP contribution in [-0.2, 0) is 9.53 Å². The SMILES string of the molecule is CC(C)NC(=O)O[C@@H]1CC[C@H](c2cc(NC(=O)[C@H]3C[C@@H]3C#CC(F)F)n[nH]2)C1. The van der Waals surface area contributed by atoms with E-state index in [0.29, 0.717) is 18.7 Å². The molecule has 0 spiro atoms. The maximum atomic E-state index is 12.1. The highest BCUT2D eigenvalue weighted by molar-refractivity contribution is 5.94. The average Bonchev–Trinajstić information content (AvgIpc) is 2.99. The molecule has 0 saturated heterocycles. The van der Waals surface area contributed by atoms with E-state index in [4.69, 9.17) is 4.74 Å². The van der Waals surface area contributed by atoms with Crippen molar-refractivity contribution in [2.45, 2.75) is 64.0 Å². The first-order valence-corrected chi connectivity index (χ1v) is 9.44. The lowest BCUT2D eigenvalue weighted by atomic mass is 10.0. The molecular weight excluding hydrogens is 370 g/mol. The number of amides is 2. The number of alkyl halides is 2. The molecular formula is C19H24F2N4O3. The number of aromatic amines is 1. The van der Waals surface area contributed by atoms with E-state index >= 15 is 0 Å². The van der Waals surface area contributed by atoms with Gasteiger partial charge in [-0.25, -0.2) is 4.79 Å². The number of anilines is 1. The van der Waals surface area contributed by atoms with Gasteiger partial charge in [-0.2, -0.15) is 13.9 Å². The summed E-state index contributed by atoms with van der Waals surface area (Å²) >= 11 is 0. The van der Waals surface area contributed by atoms with Crippen LogP contribution in [0.25, 0.3) is 0 Å². The van der Waals surface area contributed by atoms with E-state index in [1.807, 2.05) is 13.8 Å². The first kappa shape index (κ1) is 20.1. The van der Waals surface area contributed by atoms with Crippen molar-refractivity contribution in [3.05, 3.63) is 11.8 Å². The first-order chi connectivity index (χ1) is 13.3. The highest BCUT2D eigenvalue weighted by Crippen LogP contribution is 2.39. The fourth-order valence-corrected chi connectivity index (χ4v) is 3.39. The standard InChI is InChI=1S/C19H24F2N4O3/c1-10(2)22-19(27)28-13-5-3-12(7-13)15-9-17(25-24-15)23-18(26)14-8-11(14)4-6-16(20)21/h9-14,16H,3,5,7-8H2,1-2H3,(H,22,27)(H2,23,24,25,26)/t11-,12-,13+,14-/m0/s1. The fraction of sp³-hybridized carbons (Fsp3) is 0.632. The summed E-state index contributed by atoms with van der Waals surface area (Å²) in [6.07, 6.45) is -0.434. The molecule has 1 aromatic heterocycles. The average molecular weight is 394 g/mol. The van der Waals surface area contributed by atoms with Crippen molar-refractivity contribution in [1.29, 1.82) is 0 Å². The second kappa shape index (κ2) is 8.59. The van der Waals surface area contributed by atoms with E-state index < -0.39 is 12.5 Å². The number of nitrogens with one attached hydrogen (secondary N) is 3.